The van der Waals surface area contributed by atoms with Gasteiger partial charge in [-0.1, -0.05) is 53.2 Å². The number of nitrogens with zero attached hydrogens (tertiary/aromatic N) is 5. The van der Waals surface area contributed by atoms with E-state index in [2.05, 4.69) is 25.4 Å². The average molecular weight is 475 g/mol. The third-order valence-electron chi connectivity index (χ3n) is 4.97. The van der Waals surface area contributed by atoms with Gasteiger partial charge in [0.1, 0.15) is 17.8 Å². The second kappa shape index (κ2) is 9.24. The molecule has 5 rings (SSSR count). The summed E-state index contributed by atoms with van der Waals surface area (Å²) in [5.74, 6) is 0.300. The molecule has 2 aromatic carbocycles. The molecule has 8 nitrogen and oxygen atoms in total. The number of rotatable bonds is 6. The number of nitrogens with one attached hydrogen (secondary N) is 1. The highest BCUT2D eigenvalue weighted by Gasteiger charge is 2.18. The number of aromatic nitrogens is 5. The normalized spacial score (nSPS) is 10.9. The zero-order valence-electron chi connectivity index (χ0n) is 17.5. The van der Waals surface area contributed by atoms with E-state index < -0.39 is 11.7 Å². The van der Waals surface area contributed by atoms with Gasteiger partial charge in [0, 0.05) is 24.5 Å². The molecule has 0 aliphatic rings. The number of benzene rings is 2. The predicted octanol–water partition coefficient (Wildman–Crippen LogP) is 4.71. The zero-order chi connectivity index (χ0) is 23.5. The van der Waals surface area contributed by atoms with Crippen LogP contribution in [0.5, 0.6) is 0 Å². The Morgan fingerprint density at radius 2 is 1.94 bits per heavy atom. The summed E-state index contributed by atoms with van der Waals surface area (Å²) < 4.78 is 20.4. The van der Waals surface area contributed by atoms with Gasteiger partial charge in [-0.15, -0.1) is 0 Å². The lowest BCUT2D eigenvalue weighted by atomic mass is 10.2. The van der Waals surface area contributed by atoms with Gasteiger partial charge in [0.25, 0.3) is 11.8 Å². The largest absolute Gasteiger partial charge is 0.347 e. The summed E-state index contributed by atoms with van der Waals surface area (Å²) in [6, 6.07) is 17.3. The van der Waals surface area contributed by atoms with Crippen molar-refractivity contribution in [3.63, 3.8) is 0 Å². The smallest absolute Gasteiger partial charge is 0.271 e. The molecule has 1 amide bonds. The van der Waals surface area contributed by atoms with E-state index in [9.17, 15) is 9.18 Å². The van der Waals surface area contributed by atoms with Crippen LogP contribution in [0.4, 0.5) is 4.39 Å². The van der Waals surface area contributed by atoms with Crippen LogP contribution in [0.1, 0.15) is 16.1 Å². The van der Waals surface area contributed by atoms with E-state index in [1.54, 1.807) is 35.2 Å². The Bertz CT molecular complexity index is 1470. The Hall–Kier alpha value is -4.37. The first-order chi connectivity index (χ1) is 16.6. The van der Waals surface area contributed by atoms with E-state index in [1.807, 2.05) is 30.3 Å². The van der Waals surface area contributed by atoms with Crippen molar-refractivity contribution in [1.29, 1.82) is 0 Å². The summed E-state index contributed by atoms with van der Waals surface area (Å²) in [5, 5.41) is 6.79. The molecule has 0 saturated carbocycles. The molecular formula is C24H16ClFN6O2. The maximum atomic E-state index is 13.3. The molecule has 0 spiro atoms. The molecule has 0 saturated heterocycles. The monoisotopic (exact) mass is 474 g/mol. The van der Waals surface area contributed by atoms with Crippen LogP contribution in [0.15, 0.2) is 83.9 Å². The van der Waals surface area contributed by atoms with Crippen LogP contribution in [0.2, 0.25) is 5.02 Å². The highest BCUT2D eigenvalue weighted by atomic mass is 35.5. The van der Waals surface area contributed by atoms with Gasteiger partial charge < -0.3 is 9.84 Å². The SMILES string of the molecule is O=C(NCc1ccc(F)c(Cl)c1)c1cn(-c2ncccc2-c2nc(-c3ccccc3)no2)cn1. The lowest BCUT2D eigenvalue weighted by molar-refractivity contribution is 0.0946. The summed E-state index contributed by atoms with van der Waals surface area (Å²) in [6.45, 7) is 0.171. The van der Waals surface area contributed by atoms with Crippen molar-refractivity contribution >= 4 is 17.5 Å². The Kier molecular flexibility index (Phi) is 5.84. The highest BCUT2D eigenvalue weighted by Crippen LogP contribution is 2.26. The summed E-state index contributed by atoms with van der Waals surface area (Å²) in [4.78, 5) is 25.6. The number of hydrogen-bond acceptors (Lipinski definition) is 6. The van der Waals surface area contributed by atoms with Gasteiger partial charge in [-0.05, 0) is 29.8 Å². The minimum atomic E-state index is -0.515. The maximum absolute atomic E-state index is 13.3. The number of imidazole rings is 1. The topological polar surface area (TPSA) is 98.7 Å². The summed E-state index contributed by atoms with van der Waals surface area (Å²) in [5.41, 5.74) is 2.26. The van der Waals surface area contributed by atoms with E-state index in [-0.39, 0.29) is 23.2 Å². The molecule has 0 bridgehead atoms. The molecule has 0 aliphatic carbocycles. The van der Waals surface area contributed by atoms with Gasteiger partial charge >= 0.3 is 0 Å². The first kappa shape index (κ1) is 21.5. The van der Waals surface area contributed by atoms with E-state index in [0.717, 1.165) is 5.56 Å². The van der Waals surface area contributed by atoms with Crippen molar-refractivity contribution < 1.29 is 13.7 Å². The van der Waals surface area contributed by atoms with Gasteiger partial charge in [-0.25, -0.2) is 14.4 Å². The molecule has 10 heteroatoms. The summed E-state index contributed by atoms with van der Waals surface area (Å²) in [6.07, 6.45) is 4.64. The van der Waals surface area contributed by atoms with Crippen molar-refractivity contribution in [2.45, 2.75) is 6.54 Å². The van der Waals surface area contributed by atoms with Crippen molar-refractivity contribution in [3.8, 4) is 28.7 Å². The Labute approximate surface area is 198 Å². The van der Waals surface area contributed by atoms with Crippen LogP contribution in [-0.2, 0) is 6.54 Å². The van der Waals surface area contributed by atoms with E-state index in [1.165, 1.54) is 18.5 Å². The summed E-state index contributed by atoms with van der Waals surface area (Å²) >= 11 is 5.79. The third kappa shape index (κ3) is 4.41. The van der Waals surface area contributed by atoms with Crippen LogP contribution in [-0.4, -0.2) is 30.6 Å². The van der Waals surface area contributed by atoms with Gasteiger partial charge in [0.2, 0.25) is 5.82 Å². The van der Waals surface area contributed by atoms with Crippen molar-refractivity contribution in [1.82, 2.24) is 30.0 Å². The molecule has 3 aromatic heterocycles. The average Bonchev–Trinajstić information content (AvgIpc) is 3.56. The minimum Gasteiger partial charge on any atom is -0.347 e. The predicted molar refractivity (Wildman–Crippen MR) is 123 cm³/mol. The molecule has 5 aromatic rings. The molecule has 0 radical (unpaired) electrons. The molecule has 0 atom stereocenters. The fourth-order valence-corrected chi connectivity index (χ4v) is 3.49. The Morgan fingerprint density at radius 3 is 2.76 bits per heavy atom. The summed E-state index contributed by atoms with van der Waals surface area (Å²) in [7, 11) is 0. The molecule has 168 valence electrons. The van der Waals surface area contributed by atoms with E-state index >= 15 is 0 Å². The molecule has 3 heterocycles. The number of halogens is 2. The number of pyridine rings is 1. The lowest BCUT2D eigenvalue weighted by Gasteiger charge is -2.05. The molecule has 1 N–H and O–H groups in total. The Balaban J connectivity index is 1.36. The van der Waals surface area contributed by atoms with Crippen LogP contribution in [0.3, 0.4) is 0 Å². The van der Waals surface area contributed by atoms with Crippen LogP contribution < -0.4 is 5.32 Å². The number of carbonyl (C=O) groups excluding carboxylic acids is 1. The zero-order valence-corrected chi connectivity index (χ0v) is 18.3. The second-order valence-electron chi connectivity index (χ2n) is 7.26. The minimum absolute atomic E-state index is 0.00449. The molecular weight excluding hydrogens is 459 g/mol. The van der Waals surface area contributed by atoms with Crippen LogP contribution >= 0.6 is 11.6 Å². The van der Waals surface area contributed by atoms with Crippen molar-refractivity contribution in [2.24, 2.45) is 0 Å². The maximum Gasteiger partial charge on any atom is 0.271 e. The number of carbonyl (C=O) groups is 1. The van der Waals surface area contributed by atoms with Crippen molar-refractivity contribution in [2.75, 3.05) is 0 Å². The molecule has 0 aliphatic heterocycles. The molecule has 0 unspecified atom stereocenters. The van der Waals surface area contributed by atoms with E-state index in [0.29, 0.717) is 22.8 Å². The van der Waals surface area contributed by atoms with Crippen molar-refractivity contribution in [3.05, 3.63) is 101 Å². The van der Waals surface area contributed by atoms with Gasteiger partial charge in [-0.3, -0.25) is 9.36 Å². The lowest BCUT2D eigenvalue weighted by Crippen LogP contribution is -2.23. The second-order valence-corrected chi connectivity index (χ2v) is 7.67. The molecule has 34 heavy (non-hydrogen) atoms. The quantitative estimate of drug-likeness (QED) is 0.383. The van der Waals surface area contributed by atoms with E-state index in [4.69, 9.17) is 16.1 Å². The highest BCUT2D eigenvalue weighted by molar-refractivity contribution is 6.30. The fourth-order valence-electron chi connectivity index (χ4n) is 3.29. The fraction of sp³-hybridized carbons (Fsp3) is 0.0417. The van der Waals surface area contributed by atoms with Gasteiger partial charge in [0.15, 0.2) is 5.82 Å². The first-order valence-corrected chi connectivity index (χ1v) is 10.6. The van der Waals surface area contributed by atoms with Gasteiger partial charge in [-0.2, -0.15) is 4.98 Å². The van der Waals surface area contributed by atoms with Crippen LogP contribution in [0, 0.1) is 5.82 Å². The number of amides is 1. The van der Waals surface area contributed by atoms with Gasteiger partial charge in [0.05, 0.1) is 10.6 Å². The Morgan fingerprint density at radius 1 is 1.09 bits per heavy atom. The molecule has 0 fully saturated rings. The third-order valence-corrected chi connectivity index (χ3v) is 5.26. The standard InChI is InChI=1S/C24H16ClFN6O2/c25-18-11-15(8-9-19(18)26)12-28-23(33)20-13-32(14-29-20)22-17(7-4-10-27-22)24-30-21(31-34-24)16-5-2-1-3-6-16/h1-11,13-14H,12H2,(H,28,33). The number of hydrogen-bond donors (Lipinski definition) is 1. The van der Waals surface area contributed by atoms with Crippen LogP contribution in [0.25, 0.3) is 28.7 Å². The first-order valence-electron chi connectivity index (χ1n) is 10.2.